The van der Waals surface area contributed by atoms with E-state index in [0.29, 0.717) is 6.42 Å². The van der Waals surface area contributed by atoms with E-state index < -0.39 is 6.23 Å². The zero-order valence-electron chi connectivity index (χ0n) is 4.57. The molecule has 0 saturated heterocycles. The van der Waals surface area contributed by atoms with Crippen LogP contribution >= 0.6 is 0 Å². The van der Waals surface area contributed by atoms with E-state index in [1.807, 2.05) is 6.92 Å². The maximum absolute atomic E-state index is 11.3. The molecule has 0 aromatic rings. The molecule has 44 valence electrons. The van der Waals surface area contributed by atoms with E-state index in [1.54, 1.807) is 0 Å². The fourth-order valence-corrected chi connectivity index (χ4v) is 0.288. The van der Waals surface area contributed by atoms with Crippen LogP contribution in [0.1, 0.15) is 13.3 Å². The van der Waals surface area contributed by atoms with Gasteiger partial charge in [0.15, 0.2) is 0 Å². The molecule has 0 heterocycles. The standard InChI is InChI=1S/C4H10FNO/c1-3-4(6-5)7-2/h4,6H,3H2,1-2H3. The van der Waals surface area contributed by atoms with Gasteiger partial charge in [-0.1, -0.05) is 6.92 Å². The lowest BCUT2D eigenvalue weighted by Gasteiger charge is -2.05. The summed E-state index contributed by atoms with van der Waals surface area (Å²) in [6.07, 6.45) is 0.215. The predicted molar refractivity (Wildman–Crippen MR) is 25.3 cm³/mol. The first kappa shape index (κ1) is 6.85. The summed E-state index contributed by atoms with van der Waals surface area (Å²) in [5.41, 5.74) is 1.48. The Hall–Kier alpha value is -0.150. The maximum Gasteiger partial charge on any atom is 0.134 e. The lowest BCUT2D eigenvalue weighted by molar-refractivity contribution is 0.0185. The van der Waals surface area contributed by atoms with Gasteiger partial charge in [-0.3, -0.25) is 0 Å². The minimum atomic E-state index is -0.431. The predicted octanol–water partition coefficient (Wildman–Crippen LogP) is 0.843. The molecule has 0 aromatic carbocycles. The van der Waals surface area contributed by atoms with Crippen molar-refractivity contribution in [3.8, 4) is 0 Å². The minimum absolute atomic E-state index is 0.431. The molecule has 1 N–H and O–H groups in total. The molecule has 0 saturated carbocycles. The van der Waals surface area contributed by atoms with Crippen LogP contribution in [0.15, 0.2) is 0 Å². The van der Waals surface area contributed by atoms with E-state index in [-0.39, 0.29) is 0 Å². The highest BCUT2D eigenvalue weighted by molar-refractivity contribution is 4.38. The average molecular weight is 107 g/mol. The first-order valence-electron chi connectivity index (χ1n) is 2.24. The van der Waals surface area contributed by atoms with Gasteiger partial charge in [-0.2, -0.15) is 0 Å². The molecule has 0 aliphatic heterocycles. The van der Waals surface area contributed by atoms with Gasteiger partial charge < -0.3 is 4.74 Å². The van der Waals surface area contributed by atoms with E-state index in [9.17, 15) is 4.48 Å². The number of hydrogen-bond donors (Lipinski definition) is 1. The van der Waals surface area contributed by atoms with Crippen LogP contribution in [0.3, 0.4) is 0 Å². The summed E-state index contributed by atoms with van der Waals surface area (Å²) >= 11 is 0. The molecule has 1 atom stereocenters. The van der Waals surface area contributed by atoms with Crippen LogP contribution in [0.5, 0.6) is 0 Å². The quantitative estimate of drug-likeness (QED) is 0.426. The van der Waals surface area contributed by atoms with Crippen LogP contribution in [-0.2, 0) is 4.74 Å². The van der Waals surface area contributed by atoms with Gasteiger partial charge in [-0.15, -0.1) is 10.0 Å². The Labute approximate surface area is 42.6 Å². The van der Waals surface area contributed by atoms with E-state index >= 15 is 0 Å². The zero-order valence-corrected chi connectivity index (χ0v) is 4.57. The molecular weight excluding hydrogens is 97.0 g/mol. The molecule has 0 amide bonds. The molecule has 0 fully saturated rings. The van der Waals surface area contributed by atoms with Crippen molar-refractivity contribution in [1.82, 2.24) is 5.54 Å². The third kappa shape index (κ3) is 2.53. The lowest BCUT2D eigenvalue weighted by Crippen LogP contribution is -2.21. The molecule has 2 nitrogen and oxygen atoms in total. The fourth-order valence-electron chi connectivity index (χ4n) is 0.288. The van der Waals surface area contributed by atoms with Crippen LogP contribution in [0.4, 0.5) is 4.48 Å². The van der Waals surface area contributed by atoms with Crippen molar-refractivity contribution in [3.63, 3.8) is 0 Å². The number of rotatable bonds is 3. The van der Waals surface area contributed by atoms with E-state index in [2.05, 4.69) is 4.74 Å². The molecular formula is C4H10FNO. The van der Waals surface area contributed by atoms with Gasteiger partial charge in [0, 0.05) is 7.11 Å². The molecule has 7 heavy (non-hydrogen) atoms. The summed E-state index contributed by atoms with van der Waals surface area (Å²) in [4.78, 5) is 0. The summed E-state index contributed by atoms with van der Waals surface area (Å²) in [5.74, 6) is 0. The van der Waals surface area contributed by atoms with Gasteiger partial charge in [-0.25, -0.2) is 0 Å². The lowest BCUT2D eigenvalue weighted by atomic mass is 10.4. The highest BCUT2D eigenvalue weighted by Gasteiger charge is 1.97. The first-order chi connectivity index (χ1) is 3.35. The zero-order chi connectivity index (χ0) is 5.70. The average Bonchev–Trinajstić information content (AvgIpc) is 1.72. The Morgan fingerprint density at radius 2 is 2.43 bits per heavy atom. The Morgan fingerprint density at radius 1 is 1.86 bits per heavy atom. The van der Waals surface area contributed by atoms with Crippen LogP contribution in [0.2, 0.25) is 0 Å². The molecule has 1 unspecified atom stereocenters. The van der Waals surface area contributed by atoms with Gasteiger partial charge in [0.25, 0.3) is 0 Å². The Kier molecular flexibility index (Phi) is 3.93. The second kappa shape index (κ2) is 4.02. The Balaban J connectivity index is 2.99. The topological polar surface area (TPSA) is 21.3 Å². The van der Waals surface area contributed by atoms with Crippen molar-refractivity contribution < 1.29 is 9.22 Å². The monoisotopic (exact) mass is 107 g/mol. The third-order valence-electron chi connectivity index (χ3n) is 0.777. The molecule has 3 heteroatoms. The number of ether oxygens (including phenoxy) is 1. The van der Waals surface area contributed by atoms with Crippen molar-refractivity contribution >= 4 is 0 Å². The first-order valence-corrected chi connectivity index (χ1v) is 2.24. The van der Waals surface area contributed by atoms with Crippen molar-refractivity contribution in [3.05, 3.63) is 0 Å². The maximum atomic E-state index is 11.3. The van der Waals surface area contributed by atoms with E-state index in [4.69, 9.17) is 0 Å². The second-order valence-electron chi connectivity index (χ2n) is 1.24. The van der Waals surface area contributed by atoms with E-state index in [1.165, 1.54) is 12.6 Å². The van der Waals surface area contributed by atoms with Gasteiger partial charge >= 0.3 is 0 Å². The van der Waals surface area contributed by atoms with Gasteiger partial charge in [0.1, 0.15) is 6.23 Å². The smallest absolute Gasteiger partial charge is 0.134 e. The highest BCUT2D eigenvalue weighted by atomic mass is 19.2. The van der Waals surface area contributed by atoms with Crippen LogP contribution in [-0.4, -0.2) is 13.3 Å². The van der Waals surface area contributed by atoms with Crippen molar-refractivity contribution in [2.24, 2.45) is 0 Å². The minimum Gasteiger partial charge on any atom is -0.364 e. The van der Waals surface area contributed by atoms with Crippen molar-refractivity contribution in [2.75, 3.05) is 7.11 Å². The molecule has 0 radical (unpaired) electrons. The fraction of sp³-hybridized carbons (Fsp3) is 1.00. The van der Waals surface area contributed by atoms with Crippen LogP contribution in [0, 0.1) is 0 Å². The molecule has 0 aliphatic carbocycles. The third-order valence-corrected chi connectivity index (χ3v) is 0.777. The normalized spacial score (nSPS) is 14.1. The largest absolute Gasteiger partial charge is 0.364 e. The summed E-state index contributed by atoms with van der Waals surface area (Å²) in [6, 6.07) is 0. The van der Waals surface area contributed by atoms with Crippen molar-refractivity contribution in [2.45, 2.75) is 19.6 Å². The van der Waals surface area contributed by atoms with Gasteiger partial charge in [0.2, 0.25) is 0 Å². The highest BCUT2D eigenvalue weighted by Crippen LogP contribution is 1.88. The number of methoxy groups -OCH3 is 1. The SMILES string of the molecule is CCC(NF)OC. The van der Waals surface area contributed by atoms with Crippen molar-refractivity contribution in [1.29, 1.82) is 0 Å². The molecule has 0 spiro atoms. The summed E-state index contributed by atoms with van der Waals surface area (Å²) in [5, 5.41) is 0. The van der Waals surface area contributed by atoms with E-state index in [0.717, 1.165) is 0 Å². The van der Waals surface area contributed by atoms with Gasteiger partial charge in [0.05, 0.1) is 0 Å². The number of hydrogen-bond acceptors (Lipinski definition) is 2. The Bertz CT molecular complexity index is 33.2. The summed E-state index contributed by atoms with van der Waals surface area (Å²) in [6.45, 7) is 1.83. The summed E-state index contributed by atoms with van der Waals surface area (Å²) in [7, 11) is 1.46. The number of nitrogens with one attached hydrogen (secondary N) is 1. The summed E-state index contributed by atoms with van der Waals surface area (Å²) < 4.78 is 15.8. The van der Waals surface area contributed by atoms with Crippen LogP contribution in [0.25, 0.3) is 0 Å². The number of halogens is 1. The molecule has 0 aromatic heterocycles. The molecule has 0 bridgehead atoms. The van der Waals surface area contributed by atoms with Gasteiger partial charge in [-0.05, 0) is 6.42 Å². The van der Waals surface area contributed by atoms with Crippen LogP contribution < -0.4 is 5.54 Å². The molecule has 0 rings (SSSR count). The second-order valence-corrected chi connectivity index (χ2v) is 1.24. The molecule has 0 aliphatic rings. The Morgan fingerprint density at radius 3 is 2.43 bits per heavy atom.